The fourth-order valence-corrected chi connectivity index (χ4v) is 4.82. The van der Waals surface area contributed by atoms with Crippen molar-refractivity contribution in [2.75, 3.05) is 19.3 Å². The van der Waals surface area contributed by atoms with Crippen molar-refractivity contribution in [2.24, 2.45) is 0 Å². The van der Waals surface area contributed by atoms with Crippen LogP contribution in [0.3, 0.4) is 0 Å². The SMILES string of the molecule is CSC1(Cn2cncc2C2CCNCC2)CCCCC1. The third-order valence-electron chi connectivity index (χ3n) is 5.16. The molecule has 3 rings (SSSR count). The molecule has 1 saturated heterocycles. The lowest BCUT2D eigenvalue weighted by Gasteiger charge is -2.37. The predicted molar refractivity (Wildman–Crippen MR) is 86.4 cm³/mol. The van der Waals surface area contributed by atoms with Gasteiger partial charge in [0.05, 0.1) is 6.33 Å². The van der Waals surface area contributed by atoms with Crippen LogP contribution < -0.4 is 5.32 Å². The van der Waals surface area contributed by atoms with Gasteiger partial charge in [0, 0.05) is 29.1 Å². The molecule has 0 atom stereocenters. The number of thioether (sulfide) groups is 1. The van der Waals surface area contributed by atoms with Gasteiger partial charge in [-0.2, -0.15) is 11.8 Å². The Kier molecular flexibility index (Phi) is 4.72. The lowest BCUT2D eigenvalue weighted by Crippen LogP contribution is -2.34. The van der Waals surface area contributed by atoms with E-state index in [-0.39, 0.29) is 0 Å². The molecule has 1 N–H and O–H groups in total. The lowest BCUT2D eigenvalue weighted by atomic mass is 9.87. The summed E-state index contributed by atoms with van der Waals surface area (Å²) < 4.78 is 2.93. The summed E-state index contributed by atoms with van der Waals surface area (Å²) in [6.07, 6.45) is 16.0. The zero-order valence-corrected chi connectivity index (χ0v) is 13.4. The second-order valence-electron chi connectivity index (χ2n) is 6.42. The molecule has 0 bridgehead atoms. The Hall–Kier alpha value is -0.480. The summed E-state index contributed by atoms with van der Waals surface area (Å²) in [5, 5.41) is 3.46. The van der Waals surface area contributed by atoms with Crippen LogP contribution in [0.5, 0.6) is 0 Å². The van der Waals surface area contributed by atoms with Gasteiger partial charge in [-0.1, -0.05) is 19.3 Å². The second kappa shape index (κ2) is 6.52. The largest absolute Gasteiger partial charge is 0.333 e. The summed E-state index contributed by atoms with van der Waals surface area (Å²) in [5.41, 5.74) is 1.48. The van der Waals surface area contributed by atoms with E-state index in [1.165, 1.54) is 50.6 Å². The summed E-state index contributed by atoms with van der Waals surface area (Å²) in [4.78, 5) is 4.46. The van der Waals surface area contributed by atoms with Gasteiger partial charge in [0.15, 0.2) is 0 Å². The third-order valence-corrected chi connectivity index (χ3v) is 6.56. The van der Waals surface area contributed by atoms with Crippen molar-refractivity contribution in [3.63, 3.8) is 0 Å². The van der Waals surface area contributed by atoms with Gasteiger partial charge in [0.25, 0.3) is 0 Å². The third kappa shape index (κ3) is 3.06. The predicted octanol–water partition coefficient (Wildman–Crippen LogP) is 3.42. The minimum absolute atomic E-state index is 0.459. The monoisotopic (exact) mass is 293 g/mol. The van der Waals surface area contributed by atoms with Crippen LogP contribution >= 0.6 is 11.8 Å². The molecule has 4 heteroatoms. The van der Waals surface area contributed by atoms with Crippen LogP contribution in [0.4, 0.5) is 0 Å². The highest BCUT2D eigenvalue weighted by atomic mass is 32.2. The molecule has 2 aliphatic rings. The first kappa shape index (κ1) is 14.5. The Labute approximate surface area is 126 Å². The van der Waals surface area contributed by atoms with E-state index in [9.17, 15) is 0 Å². The Morgan fingerprint density at radius 2 is 2.05 bits per heavy atom. The van der Waals surface area contributed by atoms with Gasteiger partial charge >= 0.3 is 0 Å². The maximum Gasteiger partial charge on any atom is 0.0948 e. The lowest BCUT2D eigenvalue weighted by molar-refractivity contribution is 0.347. The average Bonchev–Trinajstić information content (AvgIpc) is 2.97. The fourth-order valence-electron chi connectivity index (χ4n) is 3.85. The van der Waals surface area contributed by atoms with Crippen LogP contribution in [0.1, 0.15) is 56.6 Å². The molecule has 0 amide bonds. The van der Waals surface area contributed by atoms with Gasteiger partial charge < -0.3 is 9.88 Å². The van der Waals surface area contributed by atoms with Crippen LogP contribution in [0.25, 0.3) is 0 Å². The molecule has 1 aromatic rings. The smallest absolute Gasteiger partial charge is 0.0948 e. The highest BCUT2D eigenvalue weighted by Gasteiger charge is 2.32. The number of imidazole rings is 1. The first-order chi connectivity index (χ1) is 9.83. The van der Waals surface area contributed by atoms with E-state index in [2.05, 4.69) is 45.4 Å². The summed E-state index contributed by atoms with van der Waals surface area (Å²) in [6, 6.07) is 0. The number of hydrogen-bond donors (Lipinski definition) is 1. The van der Waals surface area contributed by atoms with Gasteiger partial charge in [0.1, 0.15) is 0 Å². The van der Waals surface area contributed by atoms with Crippen molar-refractivity contribution in [1.29, 1.82) is 0 Å². The molecule has 20 heavy (non-hydrogen) atoms. The molecule has 3 nitrogen and oxygen atoms in total. The summed E-state index contributed by atoms with van der Waals surface area (Å²) in [6.45, 7) is 3.47. The molecule has 2 fully saturated rings. The topological polar surface area (TPSA) is 29.9 Å². The van der Waals surface area contributed by atoms with Gasteiger partial charge in [-0.3, -0.25) is 0 Å². The molecule has 1 saturated carbocycles. The van der Waals surface area contributed by atoms with Crippen LogP contribution in [-0.4, -0.2) is 33.6 Å². The molecule has 0 spiro atoms. The molecule has 0 unspecified atom stereocenters. The maximum absolute atomic E-state index is 4.46. The van der Waals surface area contributed by atoms with E-state index >= 15 is 0 Å². The van der Waals surface area contributed by atoms with Crippen LogP contribution in [0.15, 0.2) is 12.5 Å². The molecule has 1 aliphatic carbocycles. The van der Waals surface area contributed by atoms with Crippen molar-refractivity contribution in [2.45, 2.75) is 62.2 Å². The molecule has 1 aliphatic heterocycles. The van der Waals surface area contributed by atoms with E-state index in [0.29, 0.717) is 10.7 Å². The molecular weight excluding hydrogens is 266 g/mol. The first-order valence-corrected chi connectivity index (χ1v) is 9.31. The zero-order chi connectivity index (χ0) is 13.8. The number of hydrogen-bond acceptors (Lipinski definition) is 3. The number of rotatable bonds is 4. The first-order valence-electron chi connectivity index (χ1n) is 8.09. The molecule has 0 radical (unpaired) electrons. The highest BCUT2D eigenvalue weighted by Crippen LogP contribution is 2.40. The standard InChI is InChI=1S/C16H27N3S/c1-20-16(7-3-2-4-8-16)12-19-13-18-11-15(19)14-5-9-17-10-6-14/h11,13-14,17H,2-10,12H2,1H3. The normalized spacial score (nSPS) is 23.9. The van der Waals surface area contributed by atoms with Gasteiger partial charge in [-0.15, -0.1) is 0 Å². The minimum atomic E-state index is 0.459. The van der Waals surface area contributed by atoms with E-state index in [1.54, 1.807) is 0 Å². The second-order valence-corrected chi connectivity index (χ2v) is 7.69. The molecule has 112 valence electrons. The quantitative estimate of drug-likeness (QED) is 0.922. The number of aromatic nitrogens is 2. The van der Waals surface area contributed by atoms with E-state index in [4.69, 9.17) is 0 Å². The molecule has 0 aromatic carbocycles. The Morgan fingerprint density at radius 1 is 1.30 bits per heavy atom. The number of piperidine rings is 1. The number of nitrogens with zero attached hydrogens (tertiary/aromatic N) is 2. The summed E-state index contributed by atoms with van der Waals surface area (Å²) >= 11 is 2.09. The Morgan fingerprint density at radius 3 is 2.75 bits per heavy atom. The van der Waals surface area contributed by atoms with Crippen LogP contribution in [-0.2, 0) is 6.54 Å². The van der Waals surface area contributed by atoms with Gasteiger partial charge in [0.2, 0.25) is 0 Å². The summed E-state index contributed by atoms with van der Waals surface area (Å²) in [5.74, 6) is 0.709. The van der Waals surface area contributed by atoms with Crippen molar-refractivity contribution in [3.8, 4) is 0 Å². The number of nitrogens with one attached hydrogen (secondary N) is 1. The molecular formula is C16H27N3S. The molecule has 1 aromatic heterocycles. The van der Waals surface area contributed by atoms with Gasteiger partial charge in [-0.25, -0.2) is 4.98 Å². The molecule has 2 heterocycles. The van der Waals surface area contributed by atoms with Crippen molar-refractivity contribution < 1.29 is 0 Å². The van der Waals surface area contributed by atoms with Crippen molar-refractivity contribution in [1.82, 2.24) is 14.9 Å². The average molecular weight is 293 g/mol. The summed E-state index contributed by atoms with van der Waals surface area (Å²) in [7, 11) is 0. The van der Waals surface area contributed by atoms with E-state index in [1.807, 2.05) is 0 Å². The Balaban J connectivity index is 1.75. The maximum atomic E-state index is 4.46. The minimum Gasteiger partial charge on any atom is -0.333 e. The van der Waals surface area contributed by atoms with Crippen LogP contribution in [0, 0.1) is 0 Å². The van der Waals surface area contributed by atoms with Crippen molar-refractivity contribution >= 4 is 11.8 Å². The Bertz CT molecular complexity index is 417. The van der Waals surface area contributed by atoms with E-state index in [0.717, 1.165) is 19.6 Å². The van der Waals surface area contributed by atoms with Crippen LogP contribution in [0.2, 0.25) is 0 Å². The van der Waals surface area contributed by atoms with Crippen molar-refractivity contribution in [3.05, 3.63) is 18.2 Å². The highest BCUT2D eigenvalue weighted by molar-refractivity contribution is 8.00. The zero-order valence-electron chi connectivity index (χ0n) is 12.6. The fraction of sp³-hybridized carbons (Fsp3) is 0.812. The van der Waals surface area contributed by atoms with E-state index < -0.39 is 0 Å². The van der Waals surface area contributed by atoms with Gasteiger partial charge in [-0.05, 0) is 45.0 Å².